The minimum Gasteiger partial charge on any atom is -0.459 e. The lowest BCUT2D eigenvalue weighted by molar-refractivity contribution is -0.155. The van der Waals surface area contributed by atoms with E-state index in [1.54, 1.807) is 31.4 Å². The van der Waals surface area contributed by atoms with Crippen LogP contribution in [0.3, 0.4) is 0 Å². The zero-order chi connectivity index (χ0) is 22.5. The van der Waals surface area contributed by atoms with Crippen LogP contribution in [0.25, 0.3) is 10.2 Å². The second-order valence-corrected chi connectivity index (χ2v) is 9.83. The van der Waals surface area contributed by atoms with E-state index in [2.05, 4.69) is 15.9 Å². The molecule has 3 rings (SSSR count). The molecule has 0 atom stereocenters. The predicted octanol–water partition coefficient (Wildman–Crippen LogP) is 4.60. The zero-order valence-electron chi connectivity index (χ0n) is 17.9. The first-order chi connectivity index (χ1) is 14.2. The standard InChI is InChI=1S/C20H21BrN2O4S.C2H6/c1-20(2,3)27-16(24)12-23-17(25)14-11-15(21)28-18(14)22(19(23)26)10-9-13-7-5-4-6-8-13;1-2/h4-8,11H,9-10,12H2,1-3H3;1-2H3. The largest absolute Gasteiger partial charge is 0.459 e. The molecule has 8 heteroatoms. The lowest BCUT2D eigenvalue weighted by atomic mass is 10.1. The lowest BCUT2D eigenvalue weighted by Crippen LogP contribution is -2.42. The first kappa shape index (κ1) is 24.1. The average molecular weight is 495 g/mol. The van der Waals surface area contributed by atoms with Crippen LogP contribution in [-0.2, 0) is 29.0 Å². The molecule has 3 aromatic rings. The smallest absolute Gasteiger partial charge is 0.332 e. The van der Waals surface area contributed by atoms with Crippen LogP contribution in [-0.4, -0.2) is 20.7 Å². The SMILES string of the molecule is CC.CC(C)(C)OC(=O)Cn1c(=O)c2cc(Br)sc2n(CCc2ccccc2)c1=O. The Balaban J connectivity index is 0.00000155. The fraction of sp³-hybridized carbons (Fsp3) is 0.409. The van der Waals surface area contributed by atoms with Crippen molar-refractivity contribution in [3.63, 3.8) is 0 Å². The Labute approximate surface area is 188 Å². The van der Waals surface area contributed by atoms with E-state index in [1.165, 1.54) is 11.3 Å². The average Bonchev–Trinajstić information content (AvgIpc) is 3.08. The number of halogens is 1. The highest BCUT2D eigenvalue weighted by molar-refractivity contribution is 9.11. The van der Waals surface area contributed by atoms with E-state index in [-0.39, 0.29) is 0 Å². The summed E-state index contributed by atoms with van der Waals surface area (Å²) < 4.78 is 8.55. The van der Waals surface area contributed by atoms with Crippen LogP contribution in [0, 0.1) is 0 Å². The van der Waals surface area contributed by atoms with Gasteiger partial charge in [0.2, 0.25) is 0 Å². The van der Waals surface area contributed by atoms with Gasteiger partial charge in [0.25, 0.3) is 5.56 Å². The summed E-state index contributed by atoms with van der Waals surface area (Å²) in [7, 11) is 0. The molecule has 0 aliphatic heterocycles. The first-order valence-electron chi connectivity index (χ1n) is 9.84. The molecular formula is C22H27BrN2O4S. The van der Waals surface area contributed by atoms with Gasteiger partial charge in [-0.15, -0.1) is 11.3 Å². The van der Waals surface area contributed by atoms with E-state index in [0.29, 0.717) is 23.2 Å². The molecule has 0 aliphatic rings. The molecule has 0 bridgehead atoms. The Morgan fingerprint density at radius 2 is 1.73 bits per heavy atom. The molecule has 0 saturated carbocycles. The second kappa shape index (κ2) is 10.2. The van der Waals surface area contributed by atoms with Gasteiger partial charge in [-0.2, -0.15) is 0 Å². The summed E-state index contributed by atoms with van der Waals surface area (Å²) in [5.74, 6) is -0.616. The number of carbonyl (C=O) groups is 1. The Hall–Kier alpha value is -2.19. The molecule has 6 nitrogen and oxygen atoms in total. The number of rotatable bonds is 5. The van der Waals surface area contributed by atoms with Crippen LogP contribution in [0.1, 0.15) is 40.2 Å². The van der Waals surface area contributed by atoms with Gasteiger partial charge in [0.1, 0.15) is 17.0 Å². The van der Waals surface area contributed by atoms with Crippen molar-refractivity contribution in [2.75, 3.05) is 0 Å². The summed E-state index contributed by atoms with van der Waals surface area (Å²) >= 11 is 4.72. The maximum atomic E-state index is 13.0. The summed E-state index contributed by atoms with van der Waals surface area (Å²) in [6.45, 7) is 9.21. The van der Waals surface area contributed by atoms with Crippen LogP contribution in [0.5, 0.6) is 0 Å². The van der Waals surface area contributed by atoms with Gasteiger partial charge in [0, 0.05) is 6.54 Å². The van der Waals surface area contributed by atoms with Crippen LogP contribution < -0.4 is 11.2 Å². The molecular weight excluding hydrogens is 468 g/mol. The van der Waals surface area contributed by atoms with Crippen LogP contribution in [0.2, 0.25) is 0 Å². The number of aryl methyl sites for hydroxylation is 2. The van der Waals surface area contributed by atoms with Crippen molar-refractivity contribution in [2.45, 2.75) is 59.7 Å². The maximum Gasteiger partial charge on any atom is 0.332 e. The highest BCUT2D eigenvalue weighted by Gasteiger charge is 2.21. The molecule has 0 saturated heterocycles. The fourth-order valence-corrected chi connectivity index (χ4v) is 4.48. The van der Waals surface area contributed by atoms with E-state index < -0.39 is 29.4 Å². The monoisotopic (exact) mass is 494 g/mol. The molecule has 0 amide bonds. The summed E-state index contributed by atoms with van der Waals surface area (Å²) in [6.07, 6.45) is 0.635. The summed E-state index contributed by atoms with van der Waals surface area (Å²) in [5, 5.41) is 0.410. The number of benzene rings is 1. The summed E-state index contributed by atoms with van der Waals surface area (Å²) in [6, 6.07) is 11.5. The summed E-state index contributed by atoms with van der Waals surface area (Å²) in [5.41, 5.74) is -0.594. The number of fused-ring (bicyclic) bond motifs is 1. The van der Waals surface area contributed by atoms with Gasteiger partial charge in [-0.1, -0.05) is 44.2 Å². The number of hydrogen-bond acceptors (Lipinski definition) is 5. The maximum absolute atomic E-state index is 13.0. The second-order valence-electron chi connectivity index (χ2n) is 7.42. The molecule has 0 aliphatic carbocycles. The highest BCUT2D eigenvalue weighted by Crippen LogP contribution is 2.27. The zero-order valence-corrected chi connectivity index (χ0v) is 20.3. The number of esters is 1. The van der Waals surface area contributed by atoms with Gasteiger partial charge in [-0.3, -0.25) is 14.2 Å². The highest BCUT2D eigenvalue weighted by atomic mass is 79.9. The Morgan fingerprint density at radius 3 is 2.33 bits per heavy atom. The van der Waals surface area contributed by atoms with E-state index in [9.17, 15) is 14.4 Å². The first-order valence-corrected chi connectivity index (χ1v) is 11.4. The van der Waals surface area contributed by atoms with E-state index in [1.807, 2.05) is 44.2 Å². The third-order valence-corrected chi connectivity index (χ3v) is 5.70. The Morgan fingerprint density at radius 1 is 1.10 bits per heavy atom. The quantitative estimate of drug-likeness (QED) is 0.486. The van der Waals surface area contributed by atoms with Crippen molar-refractivity contribution in [3.05, 3.63) is 66.6 Å². The third kappa shape index (κ3) is 5.92. The van der Waals surface area contributed by atoms with Crippen LogP contribution in [0.15, 0.2) is 49.8 Å². The number of thiophene rings is 1. The molecule has 0 fully saturated rings. The van der Waals surface area contributed by atoms with Crippen LogP contribution >= 0.6 is 27.3 Å². The number of carbonyl (C=O) groups excluding carboxylic acids is 1. The van der Waals surface area contributed by atoms with E-state index in [0.717, 1.165) is 13.9 Å². The van der Waals surface area contributed by atoms with Crippen molar-refractivity contribution in [3.8, 4) is 0 Å². The number of hydrogen-bond donors (Lipinski definition) is 0. The molecule has 0 radical (unpaired) electrons. The van der Waals surface area contributed by atoms with E-state index in [4.69, 9.17) is 4.74 Å². The van der Waals surface area contributed by atoms with Gasteiger partial charge >= 0.3 is 11.7 Å². The van der Waals surface area contributed by atoms with Crippen molar-refractivity contribution in [1.29, 1.82) is 0 Å². The molecule has 1 aromatic carbocycles. The Bertz CT molecular complexity index is 1120. The van der Waals surface area contributed by atoms with Gasteiger partial charge in [-0.05, 0) is 54.8 Å². The van der Waals surface area contributed by atoms with Crippen molar-refractivity contribution in [2.24, 2.45) is 0 Å². The molecule has 2 heterocycles. The predicted molar refractivity (Wildman–Crippen MR) is 125 cm³/mol. The molecule has 30 heavy (non-hydrogen) atoms. The third-order valence-electron chi connectivity index (χ3n) is 4.04. The minimum atomic E-state index is -0.692. The normalized spacial score (nSPS) is 11.1. The van der Waals surface area contributed by atoms with Crippen molar-refractivity contribution in [1.82, 2.24) is 9.13 Å². The molecule has 0 unspecified atom stereocenters. The van der Waals surface area contributed by atoms with Crippen molar-refractivity contribution >= 4 is 43.5 Å². The van der Waals surface area contributed by atoms with Gasteiger partial charge in [0.15, 0.2) is 0 Å². The minimum absolute atomic E-state index is 0.404. The Kier molecular flexibility index (Phi) is 8.20. The van der Waals surface area contributed by atoms with E-state index >= 15 is 0 Å². The molecule has 162 valence electrons. The molecule has 2 aromatic heterocycles. The number of nitrogens with zero attached hydrogens (tertiary/aromatic N) is 2. The molecule has 0 spiro atoms. The fourth-order valence-electron chi connectivity index (χ4n) is 2.90. The van der Waals surface area contributed by atoms with Gasteiger partial charge in [-0.25, -0.2) is 9.36 Å². The van der Waals surface area contributed by atoms with Gasteiger partial charge < -0.3 is 4.74 Å². The topological polar surface area (TPSA) is 70.3 Å². The number of ether oxygens (including phenoxy) is 1. The molecule has 0 N–H and O–H groups in total. The summed E-state index contributed by atoms with van der Waals surface area (Å²) in [4.78, 5) is 38.7. The van der Waals surface area contributed by atoms with Crippen LogP contribution in [0.4, 0.5) is 0 Å². The lowest BCUT2D eigenvalue weighted by Gasteiger charge is -2.20. The van der Waals surface area contributed by atoms with Gasteiger partial charge in [0.05, 0.1) is 9.17 Å². The van der Waals surface area contributed by atoms with Crippen molar-refractivity contribution < 1.29 is 9.53 Å². The number of aromatic nitrogens is 2.